The number of amides is 2. The largest absolute Gasteiger partial charge is 0.334 e. The minimum absolute atomic E-state index is 0.219. The Balaban J connectivity index is 1.70. The fraction of sp³-hybridized carbons (Fsp3) is 0.238. The van der Waals surface area contributed by atoms with Crippen LogP contribution >= 0.6 is 0 Å². The van der Waals surface area contributed by atoms with E-state index in [2.05, 4.69) is 15.7 Å². The van der Waals surface area contributed by atoms with Crippen molar-refractivity contribution < 1.29 is 4.79 Å². The SMILES string of the molecule is Cc1ccc(NC(=O)NCc2c(C)nn(-c3ccccc3)c2C)c(C)c1. The summed E-state index contributed by atoms with van der Waals surface area (Å²) in [5, 5.41) is 10.5. The van der Waals surface area contributed by atoms with Crippen molar-refractivity contribution in [3.05, 3.63) is 76.6 Å². The van der Waals surface area contributed by atoms with Gasteiger partial charge in [0.05, 0.1) is 11.4 Å². The van der Waals surface area contributed by atoms with Crippen LogP contribution < -0.4 is 10.6 Å². The van der Waals surface area contributed by atoms with Crippen LogP contribution in [-0.4, -0.2) is 15.8 Å². The molecule has 2 N–H and O–H groups in total. The van der Waals surface area contributed by atoms with Gasteiger partial charge in [0.1, 0.15) is 0 Å². The second-order valence-corrected chi connectivity index (χ2v) is 6.52. The molecule has 26 heavy (non-hydrogen) atoms. The van der Waals surface area contributed by atoms with Gasteiger partial charge in [-0.2, -0.15) is 5.10 Å². The average molecular weight is 348 g/mol. The zero-order chi connectivity index (χ0) is 18.7. The van der Waals surface area contributed by atoms with Crippen molar-refractivity contribution in [1.82, 2.24) is 15.1 Å². The van der Waals surface area contributed by atoms with Crippen LogP contribution in [-0.2, 0) is 6.54 Å². The van der Waals surface area contributed by atoms with E-state index in [0.717, 1.165) is 33.9 Å². The zero-order valence-corrected chi connectivity index (χ0v) is 15.6. The lowest BCUT2D eigenvalue weighted by Crippen LogP contribution is -2.28. The number of nitrogens with one attached hydrogen (secondary N) is 2. The smallest absolute Gasteiger partial charge is 0.319 e. The maximum Gasteiger partial charge on any atom is 0.319 e. The molecule has 0 spiro atoms. The zero-order valence-electron chi connectivity index (χ0n) is 15.6. The Morgan fingerprint density at radius 2 is 1.77 bits per heavy atom. The van der Waals surface area contributed by atoms with Gasteiger partial charge in [0, 0.05) is 23.5 Å². The van der Waals surface area contributed by atoms with Crippen molar-refractivity contribution in [2.24, 2.45) is 0 Å². The Morgan fingerprint density at radius 1 is 1.04 bits per heavy atom. The quantitative estimate of drug-likeness (QED) is 0.733. The molecule has 1 heterocycles. The van der Waals surface area contributed by atoms with Crippen molar-refractivity contribution in [2.45, 2.75) is 34.2 Å². The van der Waals surface area contributed by atoms with E-state index in [9.17, 15) is 4.79 Å². The topological polar surface area (TPSA) is 59.0 Å². The summed E-state index contributed by atoms with van der Waals surface area (Å²) in [5.41, 5.74) is 7.03. The highest BCUT2D eigenvalue weighted by Gasteiger charge is 2.14. The number of hydrogen-bond acceptors (Lipinski definition) is 2. The van der Waals surface area contributed by atoms with E-state index >= 15 is 0 Å². The Bertz CT molecular complexity index is 929. The van der Waals surface area contributed by atoms with Gasteiger partial charge in [-0.05, 0) is 51.5 Å². The molecule has 2 aromatic carbocycles. The van der Waals surface area contributed by atoms with Gasteiger partial charge in [0.2, 0.25) is 0 Å². The maximum absolute atomic E-state index is 12.3. The summed E-state index contributed by atoms with van der Waals surface area (Å²) in [6.45, 7) is 8.44. The van der Waals surface area contributed by atoms with Crippen molar-refractivity contribution in [3.8, 4) is 5.69 Å². The molecule has 0 aliphatic carbocycles. The van der Waals surface area contributed by atoms with E-state index in [1.807, 2.05) is 80.9 Å². The van der Waals surface area contributed by atoms with E-state index in [0.29, 0.717) is 6.54 Å². The highest BCUT2D eigenvalue weighted by atomic mass is 16.2. The molecule has 3 rings (SSSR count). The van der Waals surface area contributed by atoms with Gasteiger partial charge >= 0.3 is 6.03 Å². The minimum Gasteiger partial charge on any atom is -0.334 e. The summed E-state index contributed by atoms with van der Waals surface area (Å²) >= 11 is 0. The van der Waals surface area contributed by atoms with Crippen molar-refractivity contribution >= 4 is 11.7 Å². The van der Waals surface area contributed by atoms with Crippen LogP contribution in [0.15, 0.2) is 48.5 Å². The Kier molecular flexibility index (Phi) is 5.07. The molecule has 0 radical (unpaired) electrons. The van der Waals surface area contributed by atoms with Gasteiger partial charge in [-0.25, -0.2) is 9.48 Å². The number of para-hydroxylation sites is 1. The third-order valence-electron chi connectivity index (χ3n) is 4.50. The molecule has 3 aromatic rings. The molecular weight excluding hydrogens is 324 g/mol. The van der Waals surface area contributed by atoms with Crippen molar-refractivity contribution in [2.75, 3.05) is 5.32 Å². The predicted octanol–water partition coefficient (Wildman–Crippen LogP) is 4.43. The molecule has 0 saturated carbocycles. The lowest BCUT2D eigenvalue weighted by molar-refractivity contribution is 0.251. The normalized spacial score (nSPS) is 10.6. The fourth-order valence-corrected chi connectivity index (χ4v) is 3.04. The maximum atomic E-state index is 12.3. The lowest BCUT2D eigenvalue weighted by atomic mass is 10.1. The molecule has 1 aromatic heterocycles. The number of hydrogen-bond donors (Lipinski definition) is 2. The number of anilines is 1. The summed E-state index contributed by atoms with van der Waals surface area (Å²) < 4.78 is 1.91. The first-order chi connectivity index (χ1) is 12.5. The number of aromatic nitrogens is 2. The second-order valence-electron chi connectivity index (χ2n) is 6.52. The molecule has 0 aliphatic heterocycles. The number of rotatable bonds is 4. The Morgan fingerprint density at radius 3 is 2.46 bits per heavy atom. The van der Waals surface area contributed by atoms with Crippen LogP contribution in [0.3, 0.4) is 0 Å². The number of nitrogens with zero attached hydrogens (tertiary/aromatic N) is 2. The lowest BCUT2D eigenvalue weighted by Gasteiger charge is -2.11. The van der Waals surface area contributed by atoms with Gasteiger partial charge in [0.25, 0.3) is 0 Å². The Hall–Kier alpha value is -3.08. The van der Waals surface area contributed by atoms with Gasteiger partial charge in [-0.3, -0.25) is 0 Å². The molecule has 0 saturated heterocycles. The predicted molar refractivity (Wildman–Crippen MR) is 105 cm³/mol. The van der Waals surface area contributed by atoms with E-state index in [1.54, 1.807) is 0 Å². The number of carbonyl (C=O) groups excluding carboxylic acids is 1. The van der Waals surface area contributed by atoms with Crippen LogP contribution in [0, 0.1) is 27.7 Å². The Labute approximate surface area is 154 Å². The van der Waals surface area contributed by atoms with Gasteiger partial charge in [-0.1, -0.05) is 35.9 Å². The monoisotopic (exact) mass is 348 g/mol. The molecule has 0 aliphatic rings. The summed E-state index contributed by atoms with van der Waals surface area (Å²) in [6.07, 6.45) is 0. The molecule has 5 nitrogen and oxygen atoms in total. The molecular formula is C21H24N4O. The van der Waals surface area contributed by atoms with E-state index in [-0.39, 0.29) is 6.03 Å². The van der Waals surface area contributed by atoms with E-state index in [4.69, 9.17) is 0 Å². The second kappa shape index (κ2) is 7.44. The standard InChI is InChI=1S/C21H24N4O/c1-14-10-11-20(15(2)12-14)23-21(26)22-13-19-16(3)24-25(17(19)4)18-8-6-5-7-9-18/h5-12H,13H2,1-4H3,(H2,22,23,26). The first-order valence-electron chi connectivity index (χ1n) is 8.68. The van der Waals surface area contributed by atoms with Gasteiger partial charge in [0.15, 0.2) is 0 Å². The molecule has 134 valence electrons. The third-order valence-corrected chi connectivity index (χ3v) is 4.50. The average Bonchev–Trinajstić information content (AvgIpc) is 2.90. The molecule has 0 unspecified atom stereocenters. The molecule has 2 amide bonds. The highest BCUT2D eigenvalue weighted by Crippen LogP contribution is 2.18. The van der Waals surface area contributed by atoms with Crippen LogP contribution in [0.2, 0.25) is 0 Å². The van der Waals surface area contributed by atoms with Crippen LogP contribution in [0.1, 0.15) is 28.1 Å². The van der Waals surface area contributed by atoms with Crippen molar-refractivity contribution in [1.29, 1.82) is 0 Å². The van der Waals surface area contributed by atoms with E-state index < -0.39 is 0 Å². The number of carbonyl (C=O) groups is 1. The highest BCUT2D eigenvalue weighted by molar-refractivity contribution is 5.90. The first kappa shape index (κ1) is 17.7. The number of benzene rings is 2. The van der Waals surface area contributed by atoms with Gasteiger partial charge in [-0.15, -0.1) is 0 Å². The minimum atomic E-state index is -0.219. The molecule has 5 heteroatoms. The number of aryl methyl sites for hydroxylation is 3. The molecule has 0 bridgehead atoms. The number of urea groups is 1. The third kappa shape index (κ3) is 3.77. The van der Waals surface area contributed by atoms with Crippen LogP contribution in [0.5, 0.6) is 0 Å². The summed E-state index contributed by atoms with van der Waals surface area (Å²) in [7, 11) is 0. The first-order valence-corrected chi connectivity index (χ1v) is 8.68. The van der Waals surface area contributed by atoms with Crippen molar-refractivity contribution in [3.63, 3.8) is 0 Å². The fourth-order valence-electron chi connectivity index (χ4n) is 3.04. The molecule has 0 fully saturated rings. The van der Waals surface area contributed by atoms with Crippen LogP contribution in [0.25, 0.3) is 5.69 Å². The summed E-state index contributed by atoms with van der Waals surface area (Å²) in [4.78, 5) is 12.3. The molecule has 0 atom stereocenters. The summed E-state index contributed by atoms with van der Waals surface area (Å²) in [5.74, 6) is 0. The summed E-state index contributed by atoms with van der Waals surface area (Å²) in [6, 6.07) is 15.7. The van der Waals surface area contributed by atoms with Gasteiger partial charge < -0.3 is 10.6 Å². The van der Waals surface area contributed by atoms with Crippen LogP contribution in [0.4, 0.5) is 10.5 Å². The van der Waals surface area contributed by atoms with E-state index in [1.165, 1.54) is 5.56 Å².